The highest BCUT2D eigenvalue weighted by molar-refractivity contribution is 8.13. The monoisotopic (exact) mass is 300 g/mol. The van der Waals surface area contributed by atoms with E-state index in [-0.39, 0.29) is 11.2 Å². The molecule has 4 nitrogen and oxygen atoms in total. The minimum atomic E-state index is -4.19. The van der Waals surface area contributed by atoms with Crippen LogP contribution in [0, 0.1) is 5.41 Å². The molecule has 0 saturated carbocycles. The first-order valence-electron chi connectivity index (χ1n) is 5.68. The molecule has 0 aromatic heterocycles. The molecule has 0 aromatic rings. The van der Waals surface area contributed by atoms with Crippen LogP contribution in [-0.2, 0) is 4.84 Å². The number of alkyl halides is 3. The van der Waals surface area contributed by atoms with Crippen molar-refractivity contribution < 1.29 is 22.8 Å². The van der Waals surface area contributed by atoms with Crippen molar-refractivity contribution in [3.05, 3.63) is 0 Å². The lowest BCUT2D eigenvalue weighted by atomic mass is 9.93. The number of nitrogens with zero attached hydrogens (tertiary/aromatic N) is 1. The molecule has 112 valence electrons. The van der Waals surface area contributed by atoms with Gasteiger partial charge in [-0.1, -0.05) is 25.9 Å². The van der Waals surface area contributed by atoms with Crippen molar-refractivity contribution >= 4 is 22.9 Å². The number of nitrogens with one attached hydrogen (secondary N) is 1. The quantitative estimate of drug-likeness (QED) is 0.372. The molecule has 0 aliphatic heterocycles. The molecule has 0 aliphatic rings. The Hall–Kier alpha value is -0.920. The summed E-state index contributed by atoms with van der Waals surface area (Å²) < 4.78 is 36.2. The van der Waals surface area contributed by atoms with E-state index in [0.29, 0.717) is 11.5 Å². The van der Waals surface area contributed by atoms with Crippen LogP contribution in [0.3, 0.4) is 0 Å². The summed E-state index contributed by atoms with van der Waals surface area (Å²) in [5.74, 6) is -0.143. The Balaban J connectivity index is 4.46. The zero-order chi connectivity index (χ0) is 15.1. The molecule has 0 atom stereocenters. The molecule has 0 bridgehead atoms. The van der Waals surface area contributed by atoms with Gasteiger partial charge in [0.15, 0.2) is 0 Å². The molecule has 0 fully saturated rings. The first-order valence-corrected chi connectivity index (χ1v) is 6.67. The van der Waals surface area contributed by atoms with Gasteiger partial charge in [0.25, 0.3) is 0 Å². The molecule has 0 aromatic carbocycles. The van der Waals surface area contributed by atoms with Crippen molar-refractivity contribution in [2.75, 3.05) is 12.8 Å². The van der Waals surface area contributed by atoms with Crippen LogP contribution in [-0.4, -0.2) is 30.1 Å². The Labute approximate surface area is 115 Å². The lowest BCUT2D eigenvalue weighted by Gasteiger charge is -2.18. The summed E-state index contributed by atoms with van der Waals surface area (Å²) in [4.78, 5) is 15.4. The average Bonchev–Trinajstić information content (AvgIpc) is 2.21. The number of rotatable bonds is 4. The standard InChI is InChI=1S/C11H19F3N2O2S/c1-10(2,3)7-8(16-18-9(17)15-4)19-6-5-11(12,13)14/h5-7H2,1-4H3,(H,15,17). The van der Waals surface area contributed by atoms with Crippen LogP contribution in [0.25, 0.3) is 0 Å². The Morgan fingerprint density at radius 2 is 1.89 bits per heavy atom. The summed E-state index contributed by atoms with van der Waals surface area (Å²) in [6.45, 7) is 5.77. The highest BCUT2D eigenvalue weighted by Gasteiger charge is 2.27. The number of thioether (sulfide) groups is 1. The molecule has 0 radical (unpaired) electrons. The predicted octanol–water partition coefficient (Wildman–Crippen LogP) is 3.78. The van der Waals surface area contributed by atoms with E-state index in [1.165, 1.54) is 7.05 Å². The highest BCUT2D eigenvalue weighted by Crippen LogP contribution is 2.27. The molecule has 0 spiro atoms. The normalized spacial score (nSPS) is 13.3. The van der Waals surface area contributed by atoms with E-state index in [0.717, 1.165) is 11.8 Å². The average molecular weight is 300 g/mol. The number of hydrogen-bond donors (Lipinski definition) is 1. The van der Waals surface area contributed by atoms with Crippen molar-refractivity contribution in [1.29, 1.82) is 0 Å². The van der Waals surface area contributed by atoms with Crippen molar-refractivity contribution in [3.63, 3.8) is 0 Å². The Kier molecular flexibility index (Phi) is 7.25. The number of oxime groups is 1. The highest BCUT2D eigenvalue weighted by atomic mass is 32.2. The van der Waals surface area contributed by atoms with Gasteiger partial charge >= 0.3 is 12.3 Å². The number of carbonyl (C=O) groups is 1. The van der Waals surface area contributed by atoms with Gasteiger partial charge in [-0.3, -0.25) is 4.84 Å². The third-order valence-corrected chi connectivity index (χ3v) is 2.73. The largest absolute Gasteiger partial charge is 0.433 e. The summed E-state index contributed by atoms with van der Waals surface area (Å²) in [7, 11) is 1.37. The molecule has 0 rings (SSSR count). The van der Waals surface area contributed by atoms with Gasteiger partial charge in [-0.15, -0.1) is 11.8 Å². The van der Waals surface area contributed by atoms with Gasteiger partial charge in [0.1, 0.15) is 5.04 Å². The smallest absolute Gasteiger partial charge is 0.323 e. The first kappa shape index (κ1) is 18.1. The summed E-state index contributed by atoms with van der Waals surface area (Å²) in [5.41, 5.74) is -0.157. The number of hydrogen-bond acceptors (Lipinski definition) is 4. The van der Waals surface area contributed by atoms with E-state index in [4.69, 9.17) is 0 Å². The predicted molar refractivity (Wildman–Crippen MR) is 70.2 cm³/mol. The molecule has 0 saturated heterocycles. The Morgan fingerprint density at radius 1 is 1.32 bits per heavy atom. The Morgan fingerprint density at radius 3 is 2.32 bits per heavy atom. The van der Waals surface area contributed by atoms with E-state index < -0.39 is 18.7 Å². The minimum Gasteiger partial charge on any atom is -0.323 e. The van der Waals surface area contributed by atoms with Crippen molar-refractivity contribution in [2.45, 2.75) is 39.8 Å². The molecule has 0 heterocycles. The van der Waals surface area contributed by atoms with Gasteiger partial charge in [0.05, 0.1) is 6.42 Å². The number of carbonyl (C=O) groups excluding carboxylic acids is 1. The molecule has 0 unspecified atom stereocenters. The van der Waals surface area contributed by atoms with Gasteiger partial charge in [-0.25, -0.2) is 4.79 Å². The van der Waals surface area contributed by atoms with Crippen LogP contribution < -0.4 is 5.32 Å². The second-order valence-corrected chi connectivity index (χ2v) is 6.23. The van der Waals surface area contributed by atoms with Gasteiger partial charge in [0.2, 0.25) is 0 Å². The van der Waals surface area contributed by atoms with Crippen LogP contribution >= 0.6 is 11.8 Å². The zero-order valence-corrected chi connectivity index (χ0v) is 12.2. The Bertz CT molecular complexity index is 325. The SMILES string of the molecule is CNC(=O)ON=C(CC(C)(C)C)SCCC(F)(F)F. The van der Waals surface area contributed by atoms with E-state index >= 15 is 0 Å². The zero-order valence-electron chi connectivity index (χ0n) is 11.4. The summed E-state index contributed by atoms with van der Waals surface area (Å²) in [6, 6.07) is 0. The lowest BCUT2D eigenvalue weighted by Crippen LogP contribution is -2.19. The van der Waals surface area contributed by atoms with Gasteiger partial charge in [0, 0.05) is 19.2 Å². The molecule has 1 amide bonds. The third kappa shape index (κ3) is 11.9. The second kappa shape index (κ2) is 7.62. The molecule has 1 N–H and O–H groups in total. The summed E-state index contributed by atoms with van der Waals surface area (Å²) in [6.07, 6.45) is -5.41. The fourth-order valence-corrected chi connectivity index (χ4v) is 2.18. The van der Waals surface area contributed by atoms with Gasteiger partial charge in [-0.05, 0) is 5.41 Å². The first-order chi connectivity index (χ1) is 8.53. The van der Waals surface area contributed by atoms with Gasteiger partial charge in [-0.2, -0.15) is 13.2 Å². The minimum absolute atomic E-state index is 0.143. The molecule has 8 heteroatoms. The summed E-state index contributed by atoms with van der Waals surface area (Å²) in [5, 5.41) is 6.18. The maximum Gasteiger partial charge on any atom is 0.433 e. The number of amides is 1. The van der Waals surface area contributed by atoms with Crippen molar-refractivity contribution in [1.82, 2.24) is 5.32 Å². The van der Waals surface area contributed by atoms with E-state index in [2.05, 4.69) is 15.3 Å². The van der Waals surface area contributed by atoms with E-state index in [1.807, 2.05) is 20.8 Å². The van der Waals surface area contributed by atoms with Crippen molar-refractivity contribution in [3.8, 4) is 0 Å². The van der Waals surface area contributed by atoms with E-state index in [1.54, 1.807) is 0 Å². The second-order valence-electron chi connectivity index (χ2n) is 5.06. The maximum absolute atomic E-state index is 12.1. The third-order valence-electron chi connectivity index (χ3n) is 1.77. The van der Waals surface area contributed by atoms with Crippen LogP contribution in [0.15, 0.2) is 5.16 Å². The molecule has 0 aliphatic carbocycles. The van der Waals surface area contributed by atoms with Gasteiger partial charge < -0.3 is 5.32 Å². The molecule has 19 heavy (non-hydrogen) atoms. The molecular formula is C11H19F3N2O2S. The van der Waals surface area contributed by atoms with E-state index in [9.17, 15) is 18.0 Å². The fourth-order valence-electron chi connectivity index (χ4n) is 0.986. The fraction of sp³-hybridized carbons (Fsp3) is 0.818. The van der Waals surface area contributed by atoms with Crippen molar-refractivity contribution in [2.24, 2.45) is 10.6 Å². The van der Waals surface area contributed by atoms with Crippen LogP contribution in [0.1, 0.15) is 33.6 Å². The van der Waals surface area contributed by atoms with Crippen LogP contribution in [0.5, 0.6) is 0 Å². The summed E-state index contributed by atoms with van der Waals surface area (Å²) >= 11 is 0.953. The number of halogens is 3. The van der Waals surface area contributed by atoms with Crippen LogP contribution in [0.2, 0.25) is 0 Å². The van der Waals surface area contributed by atoms with Crippen LogP contribution in [0.4, 0.5) is 18.0 Å². The molecular weight excluding hydrogens is 281 g/mol. The topological polar surface area (TPSA) is 50.7 Å². The lowest BCUT2D eigenvalue weighted by molar-refractivity contribution is -0.129. The maximum atomic E-state index is 12.1.